The maximum absolute atomic E-state index is 2.63. The molecule has 2 aliphatic rings. The van der Waals surface area contributed by atoms with Crippen LogP contribution in [0.4, 0.5) is 0 Å². The Balaban J connectivity index is 2.01. The third-order valence-electron chi connectivity index (χ3n) is 4.51. The van der Waals surface area contributed by atoms with E-state index in [0.717, 1.165) is 11.8 Å². The fourth-order valence-electron chi connectivity index (χ4n) is 3.08. The second-order valence-corrected chi connectivity index (χ2v) is 5.50. The van der Waals surface area contributed by atoms with E-state index >= 15 is 0 Å². The second-order valence-electron chi connectivity index (χ2n) is 5.50. The highest BCUT2D eigenvalue weighted by Gasteiger charge is 2.45. The average Bonchev–Trinajstić information content (AvgIpc) is 2.02. The molecule has 2 rings (SSSR count). The molecule has 1 atom stereocenters. The molecule has 0 N–H and O–H groups in total. The van der Waals surface area contributed by atoms with Gasteiger partial charge in [0, 0.05) is 5.54 Å². The largest absolute Gasteiger partial charge is 0.301 e. The lowest BCUT2D eigenvalue weighted by Gasteiger charge is -2.54. The molecule has 1 nitrogen and oxygen atoms in total. The van der Waals surface area contributed by atoms with Crippen LogP contribution in [0.5, 0.6) is 0 Å². The van der Waals surface area contributed by atoms with Gasteiger partial charge in [-0.05, 0) is 57.5 Å². The first-order valence-corrected chi connectivity index (χ1v) is 5.85. The van der Waals surface area contributed by atoms with Gasteiger partial charge in [0.15, 0.2) is 0 Å². The standard InChI is InChI=1S/C12H23N/c1-10(2)11-5-8-13(3)12(9-11)6-4-7-12/h10-11H,4-9H2,1-3H3. The molecule has 1 saturated carbocycles. The Morgan fingerprint density at radius 1 is 1.31 bits per heavy atom. The molecule has 0 radical (unpaired) electrons. The Morgan fingerprint density at radius 3 is 2.46 bits per heavy atom. The van der Waals surface area contributed by atoms with Gasteiger partial charge in [-0.3, -0.25) is 0 Å². The van der Waals surface area contributed by atoms with Crippen molar-refractivity contribution in [3.8, 4) is 0 Å². The summed E-state index contributed by atoms with van der Waals surface area (Å²) in [6.07, 6.45) is 7.30. The van der Waals surface area contributed by atoms with Crippen molar-refractivity contribution in [1.29, 1.82) is 0 Å². The summed E-state index contributed by atoms with van der Waals surface area (Å²) in [7, 11) is 2.33. The third kappa shape index (κ3) is 1.52. The molecule has 13 heavy (non-hydrogen) atoms. The minimum atomic E-state index is 0.646. The van der Waals surface area contributed by atoms with Crippen LogP contribution in [0.15, 0.2) is 0 Å². The Hall–Kier alpha value is -0.0400. The number of hydrogen-bond acceptors (Lipinski definition) is 1. The topological polar surface area (TPSA) is 3.24 Å². The predicted molar refractivity (Wildman–Crippen MR) is 56.8 cm³/mol. The zero-order valence-corrected chi connectivity index (χ0v) is 9.34. The molecule has 1 aliphatic heterocycles. The Morgan fingerprint density at radius 2 is 2.00 bits per heavy atom. The summed E-state index contributed by atoms with van der Waals surface area (Å²) in [6, 6.07) is 0. The summed E-state index contributed by atoms with van der Waals surface area (Å²) < 4.78 is 0. The van der Waals surface area contributed by atoms with Crippen molar-refractivity contribution in [2.24, 2.45) is 11.8 Å². The van der Waals surface area contributed by atoms with Crippen LogP contribution in [0.2, 0.25) is 0 Å². The van der Waals surface area contributed by atoms with E-state index in [9.17, 15) is 0 Å². The van der Waals surface area contributed by atoms with Crippen molar-refractivity contribution >= 4 is 0 Å². The monoisotopic (exact) mass is 181 g/mol. The molecule has 0 aromatic heterocycles. The van der Waals surface area contributed by atoms with Gasteiger partial charge in [0.2, 0.25) is 0 Å². The summed E-state index contributed by atoms with van der Waals surface area (Å²) in [4.78, 5) is 2.63. The lowest BCUT2D eigenvalue weighted by atomic mass is 9.65. The van der Waals surface area contributed by atoms with Gasteiger partial charge in [-0.1, -0.05) is 13.8 Å². The maximum atomic E-state index is 2.63. The number of rotatable bonds is 1. The summed E-state index contributed by atoms with van der Waals surface area (Å²) >= 11 is 0. The van der Waals surface area contributed by atoms with Gasteiger partial charge in [-0.25, -0.2) is 0 Å². The first-order chi connectivity index (χ1) is 6.14. The number of nitrogens with zero attached hydrogens (tertiary/aromatic N) is 1. The van der Waals surface area contributed by atoms with Crippen molar-refractivity contribution in [1.82, 2.24) is 4.90 Å². The van der Waals surface area contributed by atoms with Crippen LogP contribution in [0, 0.1) is 11.8 Å². The normalized spacial score (nSPS) is 33.7. The van der Waals surface area contributed by atoms with Crippen molar-refractivity contribution in [2.75, 3.05) is 13.6 Å². The summed E-state index contributed by atoms with van der Waals surface area (Å²) in [5.74, 6) is 1.89. The van der Waals surface area contributed by atoms with Crippen molar-refractivity contribution in [3.05, 3.63) is 0 Å². The SMILES string of the molecule is CC(C)C1CCN(C)C2(CCC2)C1. The van der Waals surface area contributed by atoms with E-state index in [-0.39, 0.29) is 0 Å². The summed E-state index contributed by atoms with van der Waals surface area (Å²) in [5, 5.41) is 0. The molecular weight excluding hydrogens is 158 g/mol. The molecule has 0 amide bonds. The van der Waals surface area contributed by atoms with E-state index in [4.69, 9.17) is 0 Å². The van der Waals surface area contributed by atoms with Crippen molar-refractivity contribution in [3.63, 3.8) is 0 Å². The van der Waals surface area contributed by atoms with Crippen molar-refractivity contribution in [2.45, 2.75) is 51.5 Å². The Kier molecular flexibility index (Phi) is 2.39. The van der Waals surface area contributed by atoms with Crippen LogP contribution in [0.1, 0.15) is 46.0 Å². The van der Waals surface area contributed by atoms with Gasteiger partial charge in [0.05, 0.1) is 0 Å². The zero-order chi connectivity index (χ0) is 9.47. The van der Waals surface area contributed by atoms with Crippen LogP contribution < -0.4 is 0 Å². The highest BCUT2D eigenvalue weighted by Crippen LogP contribution is 2.46. The lowest BCUT2D eigenvalue weighted by molar-refractivity contribution is -0.0286. The third-order valence-corrected chi connectivity index (χ3v) is 4.51. The molecule has 2 fully saturated rings. The predicted octanol–water partition coefficient (Wildman–Crippen LogP) is 2.91. The first-order valence-electron chi connectivity index (χ1n) is 5.85. The number of likely N-dealkylation sites (tertiary alicyclic amines) is 1. The van der Waals surface area contributed by atoms with Crippen LogP contribution in [0.3, 0.4) is 0 Å². The average molecular weight is 181 g/mol. The van der Waals surface area contributed by atoms with E-state index in [1.54, 1.807) is 0 Å². The van der Waals surface area contributed by atoms with Gasteiger partial charge < -0.3 is 4.90 Å². The number of piperidine rings is 1. The highest BCUT2D eigenvalue weighted by atomic mass is 15.2. The lowest BCUT2D eigenvalue weighted by Crippen LogP contribution is -2.56. The molecule has 1 saturated heterocycles. The molecular formula is C12H23N. The van der Waals surface area contributed by atoms with E-state index in [2.05, 4.69) is 25.8 Å². The van der Waals surface area contributed by atoms with Crippen LogP contribution in [-0.2, 0) is 0 Å². The molecule has 1 heteroatoms. The van der Waals surface area contributed by atoms with E-state index in [1.165, 1.54) is 38.6 Å². The van der Waals surface area contributed by atoms with Gasteiger partial charge in [-0.2, -0.15) is 0 Å². The molecule has 76 valence electrons. The molecule has 1 heterocycles. The van der Waals surface area contributed by atoms with Gasteiger partial charge >= 0.3 is 0 Å². The molecule has 1 unspecified atom stereocenters. The Bertz CT molecular complexity index is 182. The van der Waals surface area contributed by atoms with Gasteiger partial charge in [0.1, 0.15) is 0 Å². The van der Waals surface area contributed by atoms with Crippen LogP contribution in [-0.4, -0.2) is 24.0 Å². The fourth-order valence-corrected chi connectivity index (χ4v) is 3.08. The van der Waals surface area contributed by atoms with Crippen LogP contribution >= 0.6 is 0 Å². The molecule has 1 aliphatic carbocycles. The maximum Gasteiger partial charge on any atom is 0.0209 e. The summed E-state index contributed by atoms with van der Waals surface area (Å²) in [5.41, 5.74) is 0.646. The minimum Gasteiger partial charge on any atom is -0.301 e. The fraction of sp³-hybridized carbons (Fsp3) is 1.00. The van der Waals surface area contributed by atoms with Crippen LogP contribution in [0.25, 0.3) is 0 Å². The number of hydrogen-bond donors (Lipinski definition) is 0. The minimum absolute atomic E-state index is 0.646. The molecule has 1 spiro atoms. The molecule has 0 bridgehead atoms. The first kappa shape index (κ1) is 9.51. The Labute approximate surface area is 82.5 Å². The van der Waals surface area contributed by atoms with Crippen molar-refractivity contribution < 1.29 is 0 Å². The second kappa shape index (κ2) is 3.27. The van der Waals surface area contributed by atoms with Gasteiger partial charge in [-0.15, -0.1) is 0 Å². The molecule has 0 aromatic rings. The smallest absolute Gasteiger partial charge is 0.0209 e. The van der Waals surface area contributed by atoms with E-state index in [1.807, 2.05) is 0 Å². The highest BCUT2D eigenvalue weighted by molar-refractivity contribution is 5.01. The van der Waals surface area contributed by atoms with E-state index in [0.29, 0.717) is 5.54 Å². The zero-order valence-electron chi connectivity index (χ0n) is 9.34. The van der Waals surface area contributed by atoms with E-state index < -0.39 is 0 Å². The van der Waals surface area contributed by atoms with Gasteiger partial charge in [0.25, 0.3) is 0 Å². The summed E-state index contributed by atoms with van der Waals surface area (Å²) in [6.45, 7) is 6.12. The quantitative estimate of drug-likeness (QED) is 0.601. The molecule has 0 aromatic carbocycles.